The minimum atomic E-state index is -0.991. The largest absolute Gasteiger partial charge is 0.481 e. The maximum absolute atomic E-state index is 13.5. The third kappa shape index (κ3) is 4.02. The third-order valence-electron chi connectivity index (χ3n) is 3.24. The number of nitrogens with zero attached hydrogens (tertiary/aromatic N) is 3. The van der Waals surface area contributed by atoms with E-state index in [9.17, 15) is 9.18 Å². The van der Waals surface area contributed by atoms with Crippen LogP contribution in [0.1, 0.15) is 5.56 Å². The fraction of sp³-hybridized carbons (Fsp3) is 0.0588. The lowest BCUT2D eigenvalue weighted by Gasteiger charge is -2.10. The Morgan fingerprint density at radius 3 is 2.68 bits per heavy atom. The van der Waals surface area contributed by atoms with Crippen molar-refractivity contribution in [2.75, 3.05) is 11.1 Å². The highest BCUT2D eigenvalue weighted by Gasteiger charge is 2.11. The van der Waals surface area contributed by atoms with Gasteiger partial charge in [-0.15, -0.1) is 0 Å². The van der Waals surface area contributed by atoms with Gasteiger partial charge < -0.3 is 10.4 Å². The van der Waals surface area contributed by atoms with Gasteiger partial charge in [0, 0.05) is 17.1 Å². The predicted molar refractivity (Wildman–Crippen MR) is 92.3 cm³/mol. The van der Waals surface area contributed by atoms with Crippen LogP contribution in [-0.2, 0) is 4.79 Å². The summed E-state index contributed by atoms with van der Waals surface area (Å²) in [6, 6.07) is 12.9. The summed E-state index contributed by atoms with van der Waals surface area (Å²) in [5.41, 5.74) is 1.59. The molecule has 3 aromatic rings. The number of benzene rings is 2. The molecule has 0 amide bonds. The number of anilines is 2. The molecule has 2 N–H and O–H groups in total. The molecule has 25 heavy (non-hydrogen) atoms. The number of thioether (sulfide) groups is 1. The van der Waals surface area contributed by atoms with E-state index < -0.39 is 11.8 Å². The first kappa shape index (κ1) is 16.7. The third-order valence-corrected chi connectivity index (χ3v) is 4.07. The fourth-order valence-electron chi connectivity index (χ4n) is 2.13. The van der Waals surface area contributed by atoms with Crippen LogP contribution >= 0.6 is 11.8 Å². The van der Waals surface area contributed by atoms with Gasteiger partial charge in [-0.05, 0) is 36.4 Å². The van der Waals surface area contributed by atoms with Crippen LogP contribution in [0, 0.1) is 17.1 Å². The number of rotatable bonds is 5. The quantitative estimate of drug-likeness (QED) is 0.534. The van der Waals surface area contributed by atoms with Crippen molar-refractivity contribution in [1.82, 2.24) is 9.97 Å². The zero-order chi connectivity index (χ0) is 17.8. The van der Waals surface area contributed by atoms with Crippen molar-refractivity contribution in [2.45, 2.75) is 5.16 Å². The number of hydrogen-bond donors (Lipinski definition) is 2. The molecule has 3 rings (SSSR count). The van der Waals surface area contributed by atoms with E-state index in [-0.39, 0.29) is 10.9 Å². The Labute approximate surface area is 146 Å². The molecule has 0 saturated heterocycles. The first-order valence-corrected chi connectivity index (χ1v) is 8.13. The van der Waals surface area contributed by atoms with Crippen LogP contribution in [0.3, 0.4) is 0 Å². The van der Waals surface area contributed by atoms with Gasteiger partial charge in [0.05, 0.1) is 22.9 Å². The van der Waals surface area contributed by atoms with Crippen molar-refractivity contribution in [3.63, 3.8) is 0 Å². The number of fused-ring (bicyclic) bond motifs is 1. The molecule has 0 radical (unpaired) electrons. The second-order valence-electron chi connectivity index (χ2n) is 5.01. The van der Waals surface area contributed by atoms with E-state index >= 15 is 0 Å². The standard InChI is InChI=1S/C17H11FN4O2S/c18-11-3-6-13-14(7-11)21-17(25-9-15(23)24)22-16(13)20-12-4-1-10(8-19)2-5-12/h1-7H,9H2,(H,23,24)(H,20,21,22). The number of hydrogen-bond acceptors (Lipinski definition) is 6. The van der Waals surface area contributed by atoms with Crippen molar-refractivity contribution < 1.29 is 14.3 Å². The number of halogens is 1. The molecule has 0 aliphatic heterocycles. The minimum Gasteiger partial charge on any atom is -0.481 e. The highest BCUT2D eigenvalue weighted by Crippen LogP contribution is 2.27. The van der Waals surface area contributed by atoms with Gasteiger partial charge in [-0.1, -0.05) is 11.8 Å². The molecule has 0 aliphatic rings. The molecular weight excluding hydrogens is 343 g/mol. The van der Waals surface area contributed by atoms with E-state index in [2.05, 4.69) is 15.3 Å². The summed E-state index contributed by atoms with van der Waals surface area (Å²) in [7, 11) is 0. The smallest absolute Gasteiger partial charge is 0.313 e. The Morgan fingerprint density at radius 1 is 1.24 bits per heavy atom. The van der Waals surface area contributed by atoms with Crippen LogP contribution < -0.4 is 5.32 Å². The number of carboxylic acids is 1. The van der Waals surface area contributed by atoms with Crippen LogP contribution in [0.5, 0.6) is 0 Å². The number of aromatic nitrogens is 2. The van der Waals surface area contributed by atoms with Crippen molar-refractivity contribution >= 4 is 40.1 Å². The van der Waals surface area contributed by atoms with E-state index in [4.69, 9.17) is 10.4 Å². The number of nitriles is 1. The molecule has 6 nitrogen and oxygen atoms in total. The van der Waals surface area contributed by atoms with Gasteiger partial charge in [-0.2, -0.15) is 5.26 Å². The molecule has 0 bridgehead atoms. The van der Waals surface area contributed by atoms with E-state index in [1.54, 1.807) is 30.3 Å². The Hall–Kier alpha value is -3.18. The number of carbonyl (C=O) groups is 1. The average molecular weight is 354 g/mol. The normalized spacial score (nSPS) is 10.4. The summed E-state index contributed by atoms with van der Waals surface area (Å²) in [6.45, 7) is 0. The number of carboxylic acid groups (broad SMARTS) is 1. The zero-order valence-electron chi connectivity index (χ0n) is 12.7. The van der Waals surface area contributed by atoms with E-state index in [1.807, 2.05) is 6.07 Å². The van der Waals surface area contributed by atoms with Crippen LogP contribution in [0.15, 0.2) is 47.6 Å². The Morgan fingerprint density at radius 2 is 2.00 bits per heavy atom. The van der Waals surface area contributed by atoms with Crippen LogP contribution in [0.4, 0.5) is 15.9 Å². The summed E-state index contributed by atoms with van der Waals surface area (Å²) < 4.78 is 13.5. The van der Waals surface area contributed by atoms with Gasteiger partial charge in [-0.3, -0.25) is 4.79 Å². The molecule has 0 unspecified atom stereocenters. The summed E-state index contributed by atoms with van der Waals surface area (Å²) in [4.78, 5) is 19.3. The first-order chi connectivity index (χ1) is 12.0. The summed E-state index contributed by atoms with van der Waals surface area (Å²) in [5, 5.41) is 21.6. The van der Waals surface area contributed by atoms with Crippen molar-refractivity contribution in [3.05, 3.63) is 53.8 Å². The molecule has 0 fully saturated rings. The lowest BCUT2D eigenvalue weighted by atomic mass is 10.2. The summed E-state index contributed by atoms with van der Waals surface area (Å²) >= 11 is 0.953. The van der Waals surface area contributed by atoms with Gasteiger partial charge in [-0.25, -0.2) is 14.4 Å². The Bertz CT molecular complexity index is 986. The topological polar surface area (TPSA) is 98.9 Å². The van der Waals surface area contributed by atoms with Gasteiger partial charge >= 0.3 is 5.97 Å². The molecule has 0 saturated carbocycles. The van der Waals surface area contributed by atoms with Gasteiger partial charge in [0.25, 0.3) is 0 Å². The molecule has 1 aromatic heterocycles. The highest BCUT2D eigenvalue weighted by molar-refractivity contribution is 7.99. The highest BCUT2D eigenvalue weighted by atomic mass is 32.2. The monoisotopic (exact) mass is 354 g/mol. The fourth-order valence-corrected chi connectivity index (χ4v) is 2.70. The van der Waals surface area contributed by atoms with E-state index in [1.165, 1.54) is 12.1 Å². The zero-order valence-corrected chi connectivity index (χ0v) is 13.5. The predicted octanol–water partition coefficient (Wildman–Crippen LogP) is 3.56. The Kier molecular flexibility index (Phi) is 4.77. The molecular formula is C17H11FN4O2S. The number of nitrogens with one attached hydrogen (secondary N) is 1. The van der Waals surface area contributed by atoms with Crippen LogP contribution in [0.25, 0.3) is 10.9 Å². The van der Waals surface area contributed by atoms with Gasteiger partial charge in [0.2, 0.25) is 0 Å². The Balaban J connectivity index is 2.01. The number of aliphatic carboxylic acids is 1. The SMILES string of the molecule is N#Cc1ccc(Nc2nc(SCC(=O)O)nc3cc(F)ccc23)cc1. The maximum Gasteiger partial charge on any atom is 0.313 e. The van der Waals surface area contributed by atoms with Crippen molar-refractivity contribution in [1.29, 1.82) is 5.26 Å². The molecule has 0 spiro atoms. The molecule has 124 valence electrons. The minimum absolute atomic E-state index is 0.197. The molecule has 2 aromatic carbocycles. The van der Waals surface area contributed by atoms with Crippen LogP contribution in [0.2, 0.25) is 0 Å². The lowest BCUT2D eigenvalue weighted by Crippen LogP contribution is -2.02. The second-order valence-corrected chi connectivity index (χ2v) is 5.96. The van der Waals surface area contributed by atoms with Gasteiger partial charge in [0.1, 0.15) is 11.6 Å². The summed E-state index contributed by atoms with van der Waals surface area (Å²) in [5.74, 6) is -1.20. The lowest BCUT2D eigenvalue weighted by molar-refractivity contribution is -0.133. The first-order valence-electron chi connectivity index (χ1n) is 7.14. The van der Waals surface area contributed by atoms with E-state index in [0.717, 1.165) is 11.8 Å². The molecule has 0 aliphatic carbocycles. The average Bonchev–Trinajstić information content (AvgIpc) is 2.60. The van der Waals surface area contributed by atoms with Crippen molar-refractivity contribution in [2.24, 2.45) is 0 Å². The van der Waals surface area contributed by atoms with Gasteiger partial charge in [0.15, 0.2) is 5.16 Å². The van der Waals surface area contributed by atoms with E-state index in [0.29, 0.717) is 28.0 Å². The molecule has 0 atom stereocenters. The second kappa shape index (κ2) is 7.15. The molecule has 8 heteroatoms. The van der Waals surface area contributed by atoms with Crippen LogP contribution in [-0.4, -0.2) is 26.8 Å². The van der Waals surface area contributed by atoms with Crippen molar-refractivity contribution in [3.8, 4) is 6.07 Å². The molecule has 1 heterocycles. The summed E-state index contributed by atoms with van der Waals surface area (Å²) in [6.07, 6.45) is 0. The maximum atomic E-state index is 13.5.